The maximum Gasteiger partial charge on any atom is 0.236 e. The normalized spacial score (nSPS) is 9.25. The van der Waals surface area contributed by atoms with Crippen molar-refractivity contribution in [2.45, 2.75) is 0 Å². The highest BCUT2D eigenvalue weighted by Gasteiger charge is 2.07. The molecule has 0 aliphatic heterocycles. The number of Topliss-reactive ketones (excluding diaryl/α,β-unsaturated/α-hetero) is 1. The smallest absolute Gasteiger partial charge is 0.236 e. The summed E-state index contributed by atoms with van der Waals surface area (Å²) >= 11 is 0. The summed E-state index contributed by atoms with van der Waals surface area (Å²) in [6, 6.07) is 13.7. The van der Waals surface area contributed by atoms with Crippen molar-refractivity contribution in [3.05, 3.63) is 65.2 Å². The van der Waals surface area contributed by atoms with Crippen molar-refractivity contribution in [1.82, 2.24) is 0 Å². The third-order valence-corrected chi connectivity index (χ3v) is 2.74. The van der Waals surface area contributed by atoms with Crippen molar-refractivity contribution in [3.8, 4) is 17.6 Å². The van der Waals surface area contributed by atoms with Gasteiger partial charge in [-0.2, -0.15) is 0 Å². The second-order valence-electron chi connectivity index (χ2n) is 4.01. The molecule has 0 heterocycles. The number of ether oxygens (including phenoxy) is 1. The fourth-order valence-electron chi connectivity index (χ4n) is 1.68. The van der Waals surface area contributed by atoms with E-state index in [0.29, 0.717) is 23.0 Å². The van der Waals surface area contributed by atoms with Gasteiger partial charge in [-0.25, -0.2) is 0 Å². The van der Waals surface area contributed by atoms with Crippen LogP contribution in [0, 0.1) is 11.8 Å². The summed E-state index contributed by atoms with van der Waals surface area (Å²) in [5, 5.41) is 0. The van der Waals surface area contributed by atoms with E-state index < -0.39 is 0 Å². The monoisotopic (exact) mass is 264 g/mol. The molecule has 3 nitrogen and oxygen atoms in total. The van der Waals surface area contributed by atoms with E-state index in [2.05, 4.69) is 11.8 Å². The highest BCUT2D eigenvalue weighted by Crippen LogP contribution is 2.11. The minimum Gasteiger partial charge on any atom is -0.497 e. The van der Waals surface area contributed by atoms with Gasteiger partial charge in [0.25, 0.3) is 0 Å². The van der Waals surface area contributed by atoms with Crippen molar-refractivity contribution >= 4 is 12.1 Å². The van der Waals surface area contributed by atoms with E-state index in [1.807, 2.05) is 0 Å². The van der Waals surface area contributed by atoms with Gasteiger partial charge in [-0.15, -0.1) is 0 Å². The van der Waals surface area contributed by atoms with E-state index >= 15 is 0 Å². The van der Waals surface area contributed by atoms with Gasteiger partial charge in [-0.05, 0) is 36.3 Å². The van der Waals surface area contributed by atoms with Gasteiger partial charge in [0.1, 0.15) is 5.75 Å². The van der Waals surface area contributed by atoms with Gasteiger partial charge in [-0.3, -0.25) is 9.59 Å². The number of hydrogen-bond acceptors (Lipinski definition) is 3. The average Bonchev–Trinajstić information content (AvgIpc) is 2.53. The Bertz CT molecular complexity index is 688. The van der Waals surface area contributed by atoms with Crippen LogP contribution < -0.4 is 4.74 Å². The molecule has 2 rings (SSSR count). The minimum absolute atomic E-state index is 0.323. The van der Waals surface area contributed by atoms with E-state index in [1.54, 1.807) is 55.6 Å². The minimum atomic E-state index is -0.372. The lowest BCUT2D eigenvalue weighted by atomic mass is 10.0. The third kappa shape index (κ3) is 3.12. The second-order valence-corrected chi connectivity index (χ2v) is 4.01. The van der Waals surface area contributed by atoms with Crippen LogP contribution in [0.2, 0.25) is 0 Å². The van der Waals surface area contributed by atoms with Gasteiger partial charge < -0.3 is 4.74 Å². The van der Waals surface area contributed by atoms with Gasteiger partial charge in [0, 0.05) is 16.7 Å². The van der Waals surface area contributed by atoms with Crippen LogP contribution in [0.25, 0.3) is 0 Å². The van der Waals surface area contributed by atoms with Gasteiger partial charge in [0.2, 0.25) is 5.78 Å². The molecule has 98 valence electrons. The molecule has 0 saturated carbocycles. The van der Waals surface area contributed by atoms with Crippen LogP contribution in [0.15, 0.2) is 48.5 Å². The van der Waals surface area contributed by atoms with Crippen LogP contribution in [-0.2, 0) is 0 Å². The quantitative estimate of drug-likeness (QED) is 0.486. The molecule has 2 aromatic rings. The molecule has 0 fully saturated rings. The first-order valence-electron chi connectivity index (χ1n) is 5.99. The lowest BCUT2D eigenvalue weighted by Crippen LogP contribution is -2.00. The Morgan fingerprint density at radius 1 is 1.10 bits per heavy atom. The Morgan fingerprint density at radius 2 is 1.80 bits per heavy atom. The SMILES string of the molecule is COc1ccc(C#CC(=O)c2ccccc2C=O)cc1. The number of rotatable bonds is 3. The zero-order chi connectivity index (χ0) is 14.4. The van der Waals surface area contributed by atoms with E-state index in [0.717, 1.165) is 5.75 Å². The van der Waals surface area contributed by atoms with Crippen LogP contribution in [0.3, 0.4) is 0 Å². The number of benzene rings is 2. The molecule has 0 atom stereocenters. The molecule has 3 heteroatoms. The topological polar surface area (TPSA) is 43.4 Å². The molecule has 0 aliphatic carbocycles. The van der Waals surface area contributed by atoms with Crippen LogP contribution in [0.1, 0.15) is 26.3 Å². The third-order valence-electron chi connectivity index (χ3n) is 2.74. The lowest BCUT2D eigenvalue weighted by molar-refractivity contribution is 0.104. The summed E-state index contributed by atoms with van der Waals surface area (Å²) in [4.78, 5) is 22.8. The zero-order valence-corrected chi connectivity index (χ0v) is 10.9. The maximum atomic E-state index is 12.0. The number of ketones is 1. The summed E-state index contributed by atoms with van der Waals surface area (Å²) < 4.78 is 5.04. The molecule has 0 saturated heterocycles. The van der Waals surface area contributed by atoms with Crippen LogP contribution in [-0.4, -0.2) is 19.2 Å². The fraction of sp³-hybridized carbons (Fsp3) is 0.0588. The molecule has 0 unspecified atom stereocenters. The molecule has 0 radical (unpaired) electrons. The highest BCUT2D eigenvalue weighted by molar-refractivity contribution is 6.13. The first-order chi connectivity index (χ1) is 9.74. The van der Waals surface area contributed by atoms with E-state index in [4.69, 9.17) is 4.74 Å². The first kappa shape index (κ1) is 13.6. The summed E-state index contributed by atoms with van der Waals surface area (Å²) in [5.74, 6) is 5.67. The summed E-state index contributed by atoms with van der Waals surface area (Å²) in [6.07, 6.45) is 0.655. The lowest BCUT2D eigenvalue weighted by Gasteiger charge is -1.98. The molecular weight excluding hydrogens is 252 g/mol. The standard InChI is InChI=1S/C17H12O3/c1-20-15-9-6-13(7-10-15)8-11-17(19)16-5-3-2-4-14(16)12-18/h2-7,9-10,12H,1H3. The predicted molar refractivity (Wildman–Crippen MR) is 76.0 cm³/mol. The Balaban J connectivity index is 2.23. The van der Waals surface area contributed by atoms with E-state index in [1.165, 1.54) is 0 Å². The maximum absolute atomic E-state index is 12.0. The number of aldehydes is 1. The summed E-state index contributed by atoms with van der Waals surface area (Å²) in [5.41, 5.74) is 1.38. The predicted octanol–water partition coefficient (Wildman–Crippen LogP) is 2.74. The second kappa shape index (κ2) is 6.35. The molecular formula is C17H12O3. The van der Waals surface area contributed by atoms with Crippen molar-refractivity contribution in [3.63, 3.8) is 0 Å². The van der Waals surface area contributed by atoms with Crippen molar-refractivity contribution in [2.75, 3.05) is 7.11 Å². The van der Waals surface area contributed by atoms with Crippen molar-refractivity contribution < 1.29 is 14.3 Å². The largest absolute Gasteiger partial charge is 0.497 e. The zero-order valence-electron chi connectivity index (χ0n) is 10.9. The van der Waals surface area contributed by atoms with Crippen molar-refractivity contribution in [2.24, 2.45) is 0 Å². The summed E-state index contributed by atoms with van der Waals surface area (Å²) in [7, 11) is 1.58. The Morgan fingerprint density at radius 3 is 2.45 bits per heavy atom. The molecule has 2 aromatic carbocycles. The molecule has 0 spiro atoms. The Labute approximate surface area is 117 Å². The van der Waals surface area contributed by atoms with Crippen LogP contribution in [0.4, 0.5) is 0 Å². The molecule has 0 bridgehead atoms. The molecule has 20 heavy (non-hydrogen) atoms. The van der Waals surface area contributed by atoms with Gasteiger partial charge in [-0.1, -0.05) is 24.1 Å². The van der Waals surface area contributed by atoms with Crippen LogP contribution in [0.5, 0.6) is 5.75 Å². The van der Waals surface area contributed by atoms with E-state index in [-0.39, 0.29) is 5.78 Å². The molecule has 0 N–H and O–H groups in total. The van der Waals surface area contributed by atoms with Gasteiger partial charge in [0.15, 0.2) is 6.29 Å². The number of hydrogen-bond donors (Lipinski definition) is 0. The summed E-state index contributed by atoms with van der Waals surface area (Å²) in [6.45, 7) is 0. The number of carbonyl (C=O) groups excluding carboxylic acids is 2. The fourth-order valence-corrected chi connectivity index (χ4v) is 1.68. The van der Waals surface area contributed by atoms with Crippen LogP contribution >= 0.6 is 0 Å². The van der Waals surface area contributed by atoms with Gasteiger partial charge in [0.05, 0.1) is 7.11 Å². The molecule has 0 aromatic heterocycles. The van der Waals surface area contributed by atoms with Crippen molar-refractivity contribution in [1.29, 1.82) is 0 Å². The first-order valence-corrected chi connectivity index (χ1v) is 5.99. The van der Waals surface area contributed by atoms with E-state index in [9.17, 15) is 9.59 Å². The molecule has 0 amide bonds. The highest BCUT2D eigenvalue weighted by atomic mass is 16.5. The Hall–Kier alpha value is -2.86. The molecule has 0 aliphatic rings. The number of carbonyl (C=O) groups is 2. The average molecular weight is 264 g/mol. The number of methoxy groups -OCH3 is 1. The van der Waals surface area contributed by atoms with Gasteiger partial charge >= 0.3 is 0 Å². The Kier molecular flexibility index (Phi) is 4.31.